The monoisotopic (exact) mass is 357 g/mol. The first-order chi connectivity index (χ1) is 12.4. The van der Waals surface area contributed by atoms with E-state index in [0.29, 0.717) is 0 Å². The Balaban J connectivity index is 1.68. The Morgan fingerprint density at radius 3 is 2.77 bits per heavy atom. The second-order valence-corrected chi connectivity index (χ2v) is 7.21. The number of likely N-dealkylation sites (tertiary alicyclic amines) is 1. The molecule has 2 atom stereocenters. The Bertz CT molecular complexity index is 870. The predicted octanol–water partition coefficient (Wildman–Crippen LogP) is 4.11. The summed E-state index contributed by atoms with van der Waals surface area (Å²) in [6.07, 6.45) is 0.855. The molecule has 0 saturated carbocycles. The van der Waals surface area contributed by atoms with E-state index in [2.05, 4.69) is 23.3 Å². The lowest BCUT2D eigenvalue weighted by atomic mass is 9.89. The van der Waals surface area contributed by atoms with E-state index >= 15 is 0 Å². The van der Waals surface area contributed by atoms with Crippen LogP contribution in [0.1, 0.15) is 23.5 Å². The van der Waals surface area contributed by atoms with E-state index in [9.17, 15) is 13.6 Å². The molecule has 0 spiro atoms. The van der Waals surface area contributed by atoms with Crippen LogP contribution in [-0.4, -0.2) is 37.1 Å². The number of urea groups is 1. The summed E-state index contributed by atoms with van der Waals surface area (Å²) in [6.45, 7) is 3.83. The maximum absolute atomic E-state index is 14.0. The van der Waals surface area contributed by atoms with Crippen LogP contribution in [0.25, 0.3) is 0 Å². The van der Waals surface area contributed by atoms with Crippen molar-refractivity contribution in [2.24, 2.45) is 0 Å². The summed E-state index contributed by atoms with van der Waals surface area (Å²) in [6, 6.07) is 8.92. The molecule has 1 fully saturated rings. The molecule has 26 heavy (non-hydrogen) atoms. The Kier molecular flexibility index (Phi) is 4.15. The number of amides is 2. The number of aryl methyl sites for hydroxylation is 1. The van der Waals surface area contributed by atoms with E-state index in [4.69, 9.17) is 0 Å². The van der Waals surface area contributed by atoms with Gasteiger partial charge in [-0.25, -0.2) is 13.6 Å². The molecule has 1 saturated heterocycles. The molecule has 136 valence electrons. The zero-order valence-electron chi connectivity index (χ0n) is 14.8. The molecule has 0 aromatic heterocycles. The topological polar surface area (TPSA) is 35.6 Å². The summed E-state index contributed by atoms with van der Waals surface area (Å²) in [4.78, 5) is 17.0. The van der Waals surface area contributed by atoms with Crippen LogP contribution < -0.4 is 10.2 Å². The number of benzene rings is 2. The van der Waals surface area contributed by atoms with E-state index in [-0.39, 0.29) is 23.7 Å². The molecule has 1 N–H and O–H groups in total. The SMILES string of the molecule is Cc1ccc2c(c1)[C@@H]1CN(C)CC[C@@H]1N2C(=O)Nc1ccc(F)cc1F. The van der Waals surface area contributed by atoms with Crippen LogP contribution in [0.4, 0.5) is 25.0 Å². The van der Waals surface area contributed by atoms with Gasteiger partial charge in [-0.3, -0.25) is 4.90 Å². The van der Waals surface area contributed by atoms with Crippen molar-refractivity contribution >= 4 is 17.4 Å². The normalized spacial score (nSPS) is 22.1. The highest BCUT2D eigenvalue weighted by atomic mass is 19.1. The minimum atomic E-state index is -0.776. The van der Waals surface area contributed by atoms with E-state index in [1.165, 1.54) is 6.07 Å². The molecule has 2 heterocycles. The lowest BCUT2D eigenvalue weighted by Gasteiger charge is -2.36. The molecule has 2 aromatic carbocycles. The first kappa shape index (κ1) is 17.0. The summed E-state index contributed by atoms with van der Waals surface area (Å²) in [5, 5.41) is 2.61. The molecule has 4 nitrogen and oxygen atoms in total. The quantitative estimate of drug-likeness (QED) is 0.834. The van der Waals surface area contributed by atoms with Crippen LogP contribution in [0.3, 0.4) is 0 Å². The molecule has 2 aliphatic heterocycles. The minimum Gasteiger partial charge on any atom is -0.306 e. The average molecular weight is 357 g/mol. The van der Waals surface area contributed by atoms with Crippen molar-refractivity contribution < 1.29 is 13.6 Å². The molecule has 0 bridgehead atoms. The second kappa shape index (κ2) is 6.36. The molecular weight excluding hydrogens is 336 g/mol. The predicted molar refractivity (Wildman–Crippen MR) is 97.7 cm³/mol. The second-order valence-electron chi connectivity index (χ2n) is 7.21. The largest absolute Gasteiger partial charge is 0.326 e. The third kappa shape index (κ3) is 2.84. The van der Waals surface area contributed by atoms with Crippen LogP contribution in [0.15, 0.2) is 36.4 Å². The Morgan fingerprint density at radius 2 is 2.00 bits per heavy atom. The molecule has 0 unspecified atom stereocenters. The Morgan fingerprint density at radius 1 is 1.19 bits per heavy atom. The van der Waals surface area contributed by atoms with Gasteiger partial charge in [0.15, 0.2) is 0 Å². The van der Waals surface area contributed by atoms with Crippen LogP contribution in [0.5, 0.6) is 0 Å². The minimum absolute atomic E-state index is 0.0126. The van der Waals surface area contributed by atoms with E-state index < -0.39 is 11.6 Å². The van der Waals surface area contributed by atoms with Crippen molar-refractivity contribution in [2.45, 2.75) is 25.3 Å². The van der Waals surface area contributed by atoms with E-state index in [1.807, 2.05) is 19.1 Å². The summed E-state index contributed by atoms with van der Waals surface area (Å²) < 4.78 is 27.1. The summed E-state index contributed by atoms with van der Waals surface area (Å²) in [5.41, 5.74) is 3.18. The molecule has 6 heteroatoms. The number of carbonyl (C=O) groups is 1. The summed E-state index contributed by atoms with van der Waals surface area (Å²) >= 11 is 0. The maximum atomic E-state index is 14.0. The van der Waals surface area contributed by atoms with Crippen LogP contribution in [-0.2, 0) is 0 Å². The van der Waals surface area contributed by atoms with Gasteiger partial charge in [-0.2, -0.15) is 0 Å². The van der Waals surface area contributed by atoms with Crippen LogP contribution in [0.2, 0.25) is 0 Å². The number of hydrogen-bond donors (Lipinski definition) is 1. The van der Waals surface area contributed by atoms with Crippen molar-refractivity contribution in [1.29, 1.82) is 0 Å². The van der Waals surface area contributed by atoms with Gasteiger partial charge >= 0.3 is 6.03 Å². The van der Waals surface area contributed by atoms with Crippen molar-refractivity contribution in [2.75, 3.05) is 30.4 Å². The van der Waals surface area contributed by atoms with E-state index in [0.717, 1.165) is 48.5 Å². The van der Waals surface area contributed by atoms with Crippen molar-refractivity contribution in [1.82, 2.24) is 4.90 Å². The van der Waals surface area contributed by atoms with Gasteiger partial charge in [-0.1, -0.05) is 17.7 Å². The number of halogens is 2. The molecular formula is C20H21F2N3O. The number of rotatable bonds is 1. The molecule has 4 rings (SSSR count). The fourth-order valence-electron chi connectivity index (χ4n) is 4.11. The van der Waals surface area contributed by atoms with Crippen molar-refractivity contribution in [3.05, 3.63) is 59.2 Å². The summed E-state index contributed by atoms with van der Waals surface area (Å²) in [7, 11) is 2.09. The van der Waals surface area contributed by atoms with Gasteiger partial charge in [-0.15, -0.1) is 0 Å². The third-order valence-corrected chi connectivity index (χ3v) is 5.34. The fourth-order valence-corrected chi connectivity index (χ4v) is 4.11. The number of nitrogens with zero attached hydrogens (tertiary/aromatic N) is 2. The zero-order valence-corrected chi connectivity index (χ0v) is 14.8. The highest BCUT2D eigenvalue weighted by Gasteiger charge is 2.44. The van der Waals surface area contributed by atoms with E-state index in [1.54, 1.807) is 4.90 Å². The van der Waals surface area contributed by atoms with Gasteiger partial charge < -0.3 is 10.2 Å². The lowest BCUT2D eigenvalue weighted by Crippen LogP contribution is -2.48. The number of nitrogens with one attached hydrogen (secondary N) is 1. The highest BCUT2D eigenvalue weighted by Crippen LogP contribution is 2.45. The first-order valence-corrected chi connectivity index (χ1v) is 8.78. The fraction of sp³-hybridized carbons (Fsp3) is 0.350. The van der Waals surface area contributed by atoms with Gasteiger partial charge in [0.1, 0.15) is 11.6 Å². The van der Waals surface area contributed by atoms with Gasteiger partial charge in [0.2, 0.25) is 0 Å². The van der Waals surface area contributed by atoms with Gasteiger partial charge in [0.05, 0.1) is 5.69 Å². The molecule has 2 aromatic rings. The van der Waals surface area contributed by atoms with Crippen molar-refractivity contribution in [3.8, 4) is 0 Å². The number of likely N-dealkylation sites (N-methyl/N-ethyl adjacent to an activating group) is 1. The van der Waals surface area contributed by atoms with Crippen LogP contribution in [0, 0.1) is 18.6 Å². The van der Waals surface area contributed by atoms with Crippen molar-refractivity contribution in [3.63, 3.8) is 0 Å². The first-order valence-electron chi connectivity index (χ1n) is 8.78. The summed E-state index contributed by atoms with van der Waals surface area (Å²) in [5.74, 6) is -1.20. The Labute approximate surface area is 151 Å². The average Bonchev–Trinajstić information content (AvgIpc) is 2.90. The Hall–Kier alpha value is -2.47. The smallest absolute Gasteiger partial charge is 0.306 e. The third-order valence-electron chi connectivity index (χ3n) is 5.34. The number of piperidine rings is 1. The van der Waals surface area contributed by atoms with Gasteiger partial charge in [0, 0.05) is 30.3 Å². The molecule has 2 aliphatic rings. The lowest BCUT2D eigenvalue weighted by molar-refractivity contribution is 0.224. The maximum Gasteiger partial charge on any atom is 0.326 e. The van der Waals surface area contributed by atoms with Gasteiger partial charge in [0.25, 0.3) is 0 Å². The number of fused-ring (bicyclic) bond motifs is 3. The standard InChI is InChI=1S/C20H21F2N3O/c1-12-3-6-18-14(9-12)15-11-24(2)8-7-19(15)25(18)20(26)23-17-5-4-13(21)10-16(17)22/h3-6,9-10,15,19H,7-8,11H2,1-2H3,(H,23,26)/t15-,19-/m0/s1. The van der Waals surface area contributed by atoms with Crippen LogP contribution >= 0.6 is 0 Å². The number of carbonyl (C=O) groups excluding carboxylic acids is 1. The highest BCUT2D eigenvalue weighted by molar-refractivity contribution is 6.04. The molecule has 0 radical (unpaired) electrons. The van der Waals surface area contributed by atoms with Gasteiger partial charge in [-0.05, 0) is 50.7 Å². The zero-order chi connectivity index (χ0) is 18.4. The number of anilines is 2. The molecule has 0 aliphatic carbocycles. The number of hydrogen-bond acceptors (Lipinski definition) is 2. The molecule has 2 amide bonds.